The van der Waals surface area contributed by atoms with E-state index in [-0.39, 0.29) is 10.9 Å². The topological polar surface area (TPSA) is 18.5 Å². The van der Waals surface area contributed by atoms with Crippen LogP contribution in [0.2, 0.25) is 5.31 Å². The molecule has 0 spiro atoms. The van der Waals surface area contributed by atoms with Gasteiger partial charge in [0.15, 0.2) is 0 Å². The molecule has 0 saturated carbocycles. The molecular weight excluding hydrogens is 235 g/mol. The minimum atomic E-state index is -0.155. The van der Waals surface area contributed by atoms with E-state index in [0.29, 0.717) is 12.7 Å². The highest BCUT2D eigenvalue weighted by atomic mass is 16.5. The van der Waals surface area contributed by atoms with Crippen LogP contribution in [0.4, 0.5) is 0 Å². The van der Waals surface area contributed by atoms with Crippen molar-refractivity contribution in [3.8, 4) is 0 Å². The minimum Gasteiger partial charge on any atom is -0.378 e. The second-order valence-electron chi connectivity index (χ2n) is 6.88. The van der Waals surface area contributed by atoms with E-state index in [2.05, 4.69) is 26.0 Å². The fraction of sp³-hybridized carbons (Fsp3) is 0.875. The van der Waals surface area contributed by atoms with Crippen molar-refractivity contribution in [2.45, 2.75) is 76.8 Å². The van der Waals surface area contributed by atoms with Gasteiger partial charge in [0, 0.05) is 13.0 Å². The van der Waals surface area contributed by atoms with Crippen molar-refractivity contribution in [2.75, 3.05) is 13.2 Å². The lowest BCUT2D eigenvalue weighted by molar-refractivity contribution is -0.0693. The molecular formula is C16H29BO2. The lowest BCUT2D eigenvalue weighted by Crippen LogP contribution is -2.32. The fourth-order valence-electron chi connectivity index (χ4n) is 2.26. The summed E-state index contributed by atoms with van der Waals surface area (Å²) in [7, 11) is 5.97. The summed E-state index contributed by atoms with van der Waals surface area (Å²) in [5, 5.41) is -0.155. The van der Waals surface area contributed by atoms with Gasteiger partial charge >= 0.3 is 0 Å². The summed E-state index contributed by atoms with van der Waals surface area (Å²) in [6.45, 7) is 9.90. The molecule has 0 aliphatic carbocycles. The maximum atomic E-state index is 6.00. The molecule has 1 heterocycles. The summed E-state index contributed by atoms with van der Waals surface area (Å²) < 4.78 is 11.9. The third-order valence-electron chi connectivity index (χ3n) is 3.42. The van der Waals surface area contributed by atoms with Gasteiger partial charge in [-0.2, -0.15) is 0 Å². The van der Waals surface area contributed by atoms with Crippen LogP contribution >= 0.6 is 0 Å². The van der Waals surface area contributed by atoms with Gasteiger partial charge in [-0.25, -0.2) is 0 Å². The Balaban J connectivity index is 2.33. The molecule has 1 atom stereocenters. The summed E-state index contributed by atoms with van der Waals surface area (Å²) in [6.07, 6.45) is 9.84. The number of rotatable bonds is 6. The van der Waals surface area contributed by atoms with E-state index in [1.165, 1.54) is 0 Å². The third-order valence-corrected chi connectivity index (χ3v) is 3.42. The van der Waals surface area contributed by atoms with Crippen molar-refractivity contribution in [2.24, 2.45) is 0 Å². The summed E-state index contributed by atoms with van der Waals surface area (Å²) in [5.41, 5.74) is -0.140. The van der Waals surface area contributed by atoms with Crippen molar-refractivity contribution in [3.63, 3.8) is 0 Å². The second kappa shape index (κ2) is 7.49. The van der Waals surface area contributed by atoms with Crippen LogP contribution in [-0.4, -0.2) is 32.8 Å². The first-order valence-electron chi connectivity index (χ1n) is 7.48. The first-order chi connectivity index (χ1) is 8.79. The van der Waals surface area contributed by atoms with Gasteiger partial charge in [0.25, 0.3) is 0 Å². The highest BCUT2D eigenvalue weighted by Crippen LogP contribution is 2.27. The van der Waals surface area contributed by atoms with Crippen molar-refractivity contribution in [3.05, 3.63) is 12.2 Å². The molecule has 1 aliphatic heterocycles. The average molecular weight is 264 g/mol. The number of hydrogen-bond acceptors (Lipinski definition) is 2. The van der Waals surface area contributed by atoms with Gasteiger partial charge in [-0.3, -0.25) is 0 Å². The highest BCUT2D eigenvalue weighted by molar-refractivity contribution is 6.14. The maximum absolute atomic E-state index is 6.00. The van der Waals surface area contributed by atoms with Gasteiger partial charge in [-0.15, -0.1) is 0 Å². The van der Waals surface area contributed by atoms with Crippen LogP contribution in [0.3, 0.4) is 0 Å². The lowest BCUT2D eigenvalue weighted by Gasteiger charge is -2.31. The third kappa shape index (κ3) is 8.49. The first-order valence-corrected chi connectivity index (χ1v) is 7.48. The zero-order valence-electron chi connectivity index (χ0n) is 13.1. The molecule has 0 aromatic heterocycles. The predicted octanol–water partition coefficient (Wildman–Crippen LogP) is 4.05. The molecule has 0 aromatic carbocycles. The van der Waals surface area contributed by atoms with Crippen LogP contribution in [0.25, 0.3) is 0 Å². The summed E-state index contributed by atoms with van der Waals surface area (Å²) >= 11 is 0. The van der Waals surface area contributed by atoms with Crippen LogP contribution in [-0.2, 0) is 9.47 Å². The van der Waals surface area contributed by atoms with E-state index in [9.17, 15) is 0 Å². The molecule has 2 nitrogen and oxygen atoms in total. The second-order valence-corrected chi connectivity index (χ2v) is 6.88. The van der Waals surface area contributed by atoms with Gasteiger partial charge in [-0.1, -0.05) is 31.3 Å². The summed E-state index contributed by atoms with van der Waals surface area (Å²) in [6, 6.07) is 0. The molecule has 108 valence electrons. The fourth-order valence-corrected chi connectivity index (χ4v) is 2.26. The van der Waals surface area contributed by atoms with Gasteiger partial charge in [-0.05, 0) is 39.5 Å². The molecule has 0 bridgehead atoms. The maximum Gasteiger partial charge on any atom is 0.0739 e. The average Bonchev–Trinajstić information content (AvgIpc) is 2.19. The molecule has 1 aliphatic rings. The van der Waals surface area contributed by atoms with E-state index in [1.54, 1.807) is 0 Å². The van der Waals surface area contributed by atoms with Crippen molar-refractivity contribution < 1.29 is 9.47 Å². The Morgan fingerprint density at radius 3 is 2.58 bits per heavy atom. The Hall–Kier alpha value is -0.275. The largest absolute Gasteiger partial charge is 0.378 e. The Morgan fingerprint density at radius 1 is 1.21 bits per heavy atom. The molecule has 0 unspecified atom stereocenters. The van der Waals surface area contributed by atoms with Gasteiger partial charge in [0.1, 0.15) is 0 Å². The molecule has 1 rings (SSSR count). The van der Waals surface area contributed by atoms with Crippen LogP contribution in [0.1, 0.15) is 59.8 Å². The van der Waals surface area contributed by atoms with Crippen molar-refractivity contribution >= 4 is 7.85 Å². The SMILES string of the molecule is [B]C(C)(C)CCOC(C)(C)C[C@@H]1CC/C=C/CCO1. The zero-order chi connectivity index (χ0) is 14.4. The first kappa shape index (κ1) is 16.8. The number of allylic oxidation sites excluding steroid dienone is 1. The van der Waals surface area contributed by atoms with E-state index in [4.69, 9.17) is 17.3 Å². The number of hydrogen-bond donors (Lipinski definition) is 0. The van der Waals surface area contributed by atoms with Gasteiger partial charge < -0.3 is 9.47 Å². The van der Waals surface area contributed by atoms with E-state index in [0.717, 1.165) is 38.7 Å². The van der Waals surface area contributed by atoms with E-state index < -0.39 is 0 Å². The normalized spacial score (nSPS) is 23.7. The monoisotopic (exact) mass is 264 g/mol. The number of ether oxygens (including phenoxy) is 2. The predicted molar refractivity (Wildman–Crippen MR) is 81.8 cm³/mol. The molecule has 0 amide bonds. The molecule has 0 aromatic rings. The summed E-state index contributed by atoms with van der Waals surface area (Å²) in [5.74, 6) is 0. The molecule has 2 radical (unpaired) electrons. The van der Waals surface area contributed by atoms with Crippen LogP contribution in [0.5, 0.6) is 0 Å². The minimum absolute atomic E-state index is 0.140. The van der Waals surface area contributed by atoms with Crippen molar-refractivity contribution in [1.82, 2.24) is 0 Å². The Kier molecular flexibility index (Phi) is 6.62. The van der Waals surface area contributed by atoms with Crippen LogP contribution < -0.4 is 0 Å². The van der Waals surface area contributed by atoms with Gasteiger partial charge in [0.05, 0.1) is 26.2 Å². The zero-order valence-corrected chi connectivity index (χ0v) is 13.1. The van der Waals surface area contributed by atoms with E-state index in [1.807, 2.05) is 13.8 Å². The van der Waals surface area contributed by atoms with Crippen LogP contribution in [0, 0.1) is 0 Å². The van der Waals surface area contributed by atoms with Crippen molar-refractivity contribution in [1.29, 1.82) is 0 Å². The standard InChI is InChI=1S/C16H29BO2/c1-15(2,17)10-12-19-16(3,4)13-14-9-7-5-6-8-11-18-14/h5-6,14H,7-13H2,1-4H3/b6-5+/t14-/m0/s1. The molecule has 0 fully saturated rings. The van der Waals surface area contributed by atoms with E-state index >= 15 is 0 Å². The van der Waals surface area contributed by atoms with Crippen LogP contribution in [0.15, 0.2) is 12.2 Å². The molecule has 3 heteroatoms. The lowest BCUT2D eigenvalue weighted by atomic mass is 9.70. The smallest absolute Gasteiger partial charge is 0.0739 e. The Bertz CT molecular complexity index is 279. The van der Waals surface area contributed by atoms with Gasteiger partial charge in [0.2, 0.25) is 0 Å². The summed E-state index contributed by atoms with van der Waals surface area (Å²) in [4.78, 5) is 0. The highest BCUT2D eigenvalue weighted by Gasteiger charge is 2.25. The molecule has 19 heavy (non-hydrogen) atoms. The quantitative estimate of drug-likeness (QED) is 0.532. The Morgan fingerprint density at radius 2 is 1.89 bits per heavy atom. The Labute approximate surface area is 120 Å². The molecule has 0 N–H and O–H groups in total. The molecule has 0 saturated heterocycles.